The first-order valence-corrected chi connectivity index (χ1v) is 9.32. The highest BCUT2D eigenvalue weighted by Gasteiger charge is 2.39. The molecule has 2 aromatic rings. The van der Waals surface area contributed by atoms with E-state index in [-0.39, 0.29) is 19.2 Å². The van der Waals surface area contributed by atoms with Crippen LogP contribution in [0.2, 0.25) is 0 Å². The first-order valence-electron chi connectivity index (χ1n) is 6.27. The van der Waals surface area contributed by atoms with Crippen molar-refractivity contribution in [3.63, 3.8) is 0 Å². The Morgan fingerprint density at radius 3 is 2.82 bits per heavy atom. The quantitative estimate of drug-likeness (QED) is 0.786. The fourth-order valence-corrected chi connectivity index (χ4v) is 5.62. The van der Waals surface area contributed by atoms with Gasteiger partial charge in [-0.1, -0.05) is 0 Å². The van der Waals surface area contributed by atoms with Gasteiger partial charge in [-0.25, -0.2) is 13.4 Å². The fraction of sp³-hybridized carbons (Fsp3) is 0.231. The lowest BCUT2D eigenvalue weighted by atomic mass is 10.2. The van der Waals surface area contributed by atoms with E-state index in [1.165, 1.54) is 27.9 Å². The molecule has 0 saturated carbocycles. The van der Waals surface area contributed by atoms with Gasteiger partial charge in [0.2, 0.25) is 5.88 Å². The molecule has 22 heavy (non-hydrogen) atoms. The van der Waals surface area contributed by atoms with Crippen molar-refractivity contribution in [1.29, 1.82) is 5.26 Å². The van der Waals surface area contributed by atoms with E-state index in [2.05, 4.69) is 20.9 Å². The minimum Gasteiger partial charge on any atom is -0.471 e. The molecule has 1 aliphatic rings. The Balaban J connectivity index is 1.63. The molecule has 0 radical (unpaired) electrons. The largest absolute Gasteiger partial charge is 0.471 e. The zero-order chi connectivity index (χ0) is 15.7. The Kier molecular flexibility index (Phi) is 4.18. The van der Waals surface area contributed by atoms with E-state index in [9.17, 15) is 8.42 Å². The van der Waals surface area contributed by atoms with Crippen molar-refractivity contribution in [2.75, 3.05) is 13.1 Å². The van der Waals surface area contributed by atoms with Crippen molar-refractivity contribution in [3.8, 4) is 11.9 Å². The van der Waals surface area contributed by atoms with Crippen LogP contribution in [-0.2, 0) is 10.0 Å². The highest BCUT2D eigenvalue weighted by Crippen LogP contribution is 2.31. The summed E-state index contributed by atoms with van der Waals surface area (Å²) in [7, 11) is -3.45. The number of rotatable bonds is 4. The third-order valence-corrected chi connectivity index (χ3v) is 7.03. The lowest BCUT2D eigenvalue weighted by Gasteiger charge is -2.37. The van der Waals surface area contributed by atoms with Gasteiger partial charge in [-0.3, -0.25) is 0 Å². The van der Waals surface area contributed by atoms with Crippen molar-refractivity contribution in [2.45, 2.75) is 10.3 Å². The molecule has 0 atom stereocenters. The minimum atomic E-state index is -3.45. The van der Waals surface area contributed by atoms with Gasteiger partial charge in [-0.2, -0.15) is 9.57 Å². The van der Waals surface area contributed by atoms with Gasteiger partial charge in [-0.15, -0.1) is 11.3 Å². The lowest BCUT2D eigenvalue weighted by molar-refractivity contribution is 0.0722. The lowest BCUT2D eigenvalue weighted by Crippen LogP contribution is -2.55. The SMILES string of the molecule is N#Cc1ccnc(OC2CN(S(=O)(=O)c3ccc(Br)s3)C2)c1. The van der Waals surface area contributed by atoms with Crippen LogP contribution in [0.5, 0.6) is 5.88 Å². The highest BCUT2D eigenvalue weighted by atomic mass is 79.9. The summed E-state index contributed by atoms with van der Waals surface area (Å²) in [5.41, 5.74) is 0.456. The van der Waals surface area contributed by atoms with Gasteiger partial charge in [0.1, 0.15) is 10.3 Å². The van der Waals surface area contributed by atoms with Crippen molar-refractivity contribution in [1.82, 2.24) is 9.29 Å². The molecule has 6 nitrogen and oxygen atoms in total. The molecule has 3 rings (SSSR count). The number of nitriles is 1. The second-order valence-electron chi connectivity index (χ2n) is 4.61. The fourth-order valence-electron chi connectivity index (χ4n) is 1.95. The average Bonchev–Trinajstić information content (AvgIpc) is 2.90. The van der Waals surface area contributed by atoms with Crippen LogP contribution in [0.1, 0.15) is 5.56 Å². The first kappa shape index (κ1) is 15.4. The first-order chi connectivity index (χ1) is 10.5. The summed E-state index contributed by atoms with van der Waals surface area (Å²) < 4.78 is 32.7. The van der Waals surface area contributed by atoms with Crippen molar-refractivity contribution in [3.05, 3.63) is 39.8 Å². The molecule has 0 aliphatic carbocycles. The molecule has 1 saturated heterocycles. The Morgan fingerprint density at radius 1 is 1.41 bits per heavy atom. The van der Waals surface area contributed by atoms with E-state index in [0.29, 0.717) is 15.7 Å². The predicted molar refractivity (Wildman–Crippen MR) is 84.1 cm³/mol. The van der Waals surface area contributed by atoms with Gasteiger partial charge in [0, 0.05) is 12.3 Å². The zero-order valence-corrected chi connectivity index (χ0v) is 14.4. The maximum Gasteiger partial charge on any atom is 0.252 e. The smallest absolute Gasteiger partial charge is 0.252 e. The summed E-state index contributed by atoms with van der Waals surface area (Å²) in [6.07, 6.45) is 1.24. The van der Waals surface area contributed by atoms with Crippen LogP contribution in [0.15, 0.2) is 38.5 Å². The van der Waals surface area contributed by atoms with Gasteiger partial charge in [0.15, 0.2) is 0 Å². The molecule has 114 valence electrons. The molecule has 3 heterocycles. The molecule has 0 amide bonds. The molecule has 9 heteroatoms. The number of nitrogens with zero attached hydrogens (tertiary/aromatic N) is 3. The summed E-state index contributed by atoms with van der Waals surface area (Å²) in [5.74, 6) is 0.333. The van der Waals surface area contributed by atoms with Crippen LogP contribution in [0.4, 0.5) is 0 Å². The number of sulfonamides is 1. The molecule has 0 bridgehead atoms. The van der Waals surface area contributed by atoms with Gasteiger partial charge in [-0.05, 0) is 34.1 Å². The van der Waals surface area contributed by atoms with E-state index in [4.69, 9.17) is 10.00 Å². The standard InChI is InChI=1S/C13H10BrN3O3S2/c14-11-1-2-13(21-11)22(18,19)17-7-10(8-17)20-12-5-9(6-15)3-4-16-12/h1-5,10H,7-8H2. The van der Waals surface area contributed by atoms with Gasteiger partial charge < -0.3 is 4.74 Å². The van der Waals surface area contributed by atoms with Crippen LogP contribution in [0.3, 0.4) is 0 Å². The summed E-state index contributed by atoms with van der Waals surface area (Å²) in [5, 5.41) is 8.82. The average molecular weight is 400 g/mol. The Bertz CT molecular complexity index is 838. The molecule has 2 aromatic heterocycles. The third kappa shape index (κ3) is 3.01. The number of hydrogen-bond donors (Lipinski definition) is 0. The van der Waals surface area contributed by atoms with Crippen LogP contribution in [0.25, 0.3) is 0 Å². The predicted octanol–water partition coefficient (Wildman–Crippen LogP) is 2.23. The number of pyridine rings is 1. The normalized spacial score (nSPS) is 16.0. The second kappa shape index (κ2) is 5.96. The van der Waals surface area contributed by atoms with E-state index in [1.54, 1.807) is 18.2 Å². The van der Waals surface area contributed by atoms with Crippen molar-refractivity contribution < 1.29 is 13.2 Å². The van der Waals surface area contributed by atoms with E-state index >= 15 is 0 Å². The summed E-state index contributed by atoms with van der Waals surface area (Å²) >= 11 is 4.44. The molecule has 1 aliphatic heterocycles. The maximum atomic E-state index is 12.3. The summed E-state index contributed by atoms with van der Waals surface area (Å²) in [6, 6.07) is 8.41. The highest BCUT2D eigenvalue weighted by molar-refractivity contribution is 9.11. The molecule has 0 N–H and O–H groups in total. The van der Waals surface area contributed by atoms with Crippen LogP contribution < -0.4 is 4.74 Å². The van der Waals surface area contributed by atoms with Gasteiger partial charge >= 0.3 is 0 Å². The van der Waals surface area contributed by atoms with Crippen LogP contribution in [0, 0.1) is 11.3 Å². The van der Waals surface area contributed by atoms with Gasteiger partial charge in [0.25, 0.3) is 10.0 Å². The Hall–Kier alpha value is -1.47. The van der Waals surface area contributed by atoms with Crippen molar-refractivity contribution in [2.24, 2.45) is 0 Å². The third-order valence-electron chi connectivity index (χ3n) is 3.11. The topological polar surface area (TPSA) is 83.3 Å². The van der Waals surface area contributed by atoms with E-state index < -0.39 is 10.0 Å². The van der Waals surface area contributed by atoms with Crippen molar-refractivity contribution >= 4 is 37.3 Å². The number of halogens is 1. The molecule has 1 fully saturated rings. The summed E-state index contributed by atoms with van der Waals surface area (Å²) in [4.78, 5) is 4.01. The van der Waals surface area contributed by atoms with E-state index in [0.717, 1.165) is 3.79 Å². The number of ether oxygens (including phenoxy) is 1. The number of hydrogen-bond acceptors (Lipinski definition) is 6. The minimum absolute atomic E-state index is 0.250. The Morgan fingerprint density at radius 2 is 2.18 bits per heavy atom. The second-order valence-corrected chi connectivity index (χ2v) is 9.24. The van der Waals surface area contributed by atoms with Crippen LogP contribution >= 0.6 is 27.3 Å². The monoisotopic (exact) mass is 399 g/mol. The number of thiophene rings is 1. The van der Waals surface area contributed by atoms with Gasteiger partial charge in [0.05, 0.1) is 28.5 Å². The maximum absolute atomic E-state index is 12.3. The molecular formula is C13H10BrN3O3S2. The number of aromatic nitrogens is 1. The molecular weight excluding hydrogens is 390 g/mol. The van der Waals surface area contributed by atoms with E-state index in [1.807, 2.05) is 6.07 Å². The molecule has 0 unspecified atom stereocenters. The van der Waals surface area contributed by atoms with Crippen LogP contribution in [-0.4, -0.2) is 36.9 Å². The Labute approximate surface area is 140 Å². The molecule has 0 spiro atoms. The summed E-state index contributed by atoms with van der Waals surface area (Å²) in [6.45, 7) is 0.548. The zero-order valence-electron chi connectivity index (χ0n) is 11.1. The molecule has 0 aromatic carbocycles.